The molecule has 0 heterocycles. The number of hydrogen-bond acceptors (Lipinski definition) is 3. The number of rotatable bonds is 2. The zero-order chi connectivity index (χ0) is 10.9. The molecule has 14 heavy (non-hydrogen) atoms. The van der Waals surface area contributed by atoms with E-state index in [2.05, 4.69) is 0 Å². The van der Waals surface area contributed by atoms with Crippen LogP contribution < -0.4 is 5.73 Å². The maximum absolute atomic E-state index is 13.0. The second kappa shape index (κ2) is 3.67. The lowest BCUT2D eigenvalue weighted by molar-refractivity contribution is 0.593. The van der Waals surface area contributed by atoms with Gasteiger partial charge in [-0.1, -0.05) is 0 Å². The van der Waals surface area contributed by atoms with Gasteiger partial charge in [-0.25, -0.2) is 12.8 Å². The Labute approximate surface area is 82.7 Å². The molecule has 2 N–H and O–H groups in total. The van der Waals surface area contributed by atoms with Gasteiger partial charge in [0.1, 0.15) is 5.82 Å². The van der Waals surface area contributed by atoms with Crippen LogP contribution in [-0.2, 0) is 9.84 Å². The van der Waals surface area contributed by atoms with Crippen LogP contribution in [0.15, 0.2) is 23.1 Å². The van der Waals surface area contributed by atoms with Crippen molar-refractivity contribution in [1.82, 2.24) is 0 Å². The van der Waals surface area contributed by atoms with Gasteiger partial charge in [0.15, 0.2) is 9.84 Å². The highest BCUT2D eigenvalue weighted by molar-refractivity contribution is 7.90. The molecule has 78 valence electrons. The molecular weight excluding hydrogens is 205 g/mol. The Bertz CT molecular complexity index is 440. The maximum atomic E-state index is 13.0. The van der Waals surface area contributed by atoms with Gasteiger partial charge < -0.3 is 5.73 Å². The molecular formula is C9H12FNO2S. The lowest BCUT2D eigenvalue weighted by Crippen LogP contribution is -2.07. The van der Waals surface area contributed by atoms with E-state index < -0.39 is 15.7 Å². The van der Waals surface area contributed by atoms with Gasteiger partial charge in [0.2, 0.25) is 0 Å². The molecule has 0 bridgehead atoms. The second-order valence-corrected chi connectivity index (χ2v) is 5.30. The summed E-state index contributed by atoms with van der Waals surface area (Å²) in [5, 5.41) is 0. The zero-order valence-electron chi connectivity index (χ0n) is 7.99. The van der Waals surface area contributed by atoms with E-state index in [9.17, 15) is 12.8 Å². The first-order valence-electron chi connectivity index (χ1n) is 4.07. The minimum absolute atomic E-state index is 0.0372. The summed E-state index contributed by atoms with van der Waals surface area (Å²) in [4.78, 5) is -0.0372. The fourth-order valence-electron chi connectivity index (χ4n) is 1.06. The van der Waals surface area contributed by atoms with Gasteiger partial charge in [0.05, 0.1) is 4.90 Å². The first-order chi connectivity index (χ1) is 6.30. The highest BCUT2D eigenvalue weighted by Crippen LogP contribution is 2.18. The van der Waals surface area contributed by atoms with Crippen molar-refractivity contribution in [1.29, 1.82) is 0 Å². The molecule has 0 aliphatic heterocycles. The normalized spacial score (nSPS) is 14.0. The topological polar surface area (TPSA) is 60.2 Å². The molecule has 0 saturated heterocycles. The quantitative estimate of drug-likeness (QED) is 0.811. The Hall–Kier alpha value is -0.940. The third-order valence-electron chi connectivity index (χ3n) is 1.85. The van der Waals surface area contributed by atoms with Crippen LogP contribution in [0.1, 0.15) is 18.5 Å². The van der Waals surface area contributed by atoms with Crippen LogP contribution in [0.2, 0.25) is 0 Å². The van der Waals surface area contributed by atoms with Gasteiger partial charge in [-0.15, -0.1) is 0 Å². The van der Waals surface area contributed by atoms with E-state index in [1.54, 1.807) is 6.92 Å². The predicted molar refractivity (Wildman–Crippen MR) is 52.1 cm³/mol. The van der Waals surface area contributed by atoms with Crippen molar-refractivity contribution in [3.05, 3.63) is 29.6 Å². The average molecular weight is 217 g/mol. The molecule has 0 aliphatic carbocycles. The van der Waals surface area contributed by atoms with Crippen molar-refractivity contribution in [3.8, 4) is 0 Å². The van der Waals surface area contributed by atoms with Crippen LogP contribution in [0, 0.1) is 5.82 Å². The molecule has 0 fully saturated rings. The molecule has 0 aliphatic rings. The molecule has 0 aromatic heterocycles. The van der Waals surface area contributed by atoms with Crippen LogP contribution in [0.3, 0.4) is 0 Å². The molecule has 1 atom stereocenters. The van der Waals surface area contributed by atoms with E-state index in [-0.39, 0.29) is 10.9 Å². The van der Waals surface area contributed by atoms with Gasteiger partial charge in [-0.3, -0.25) is 0 Å². The molecule has 3 nitrogen and oxygen atoms in total. The molecule has 0 radical (unpaired) electrons. The Balaban J connectivity index is 3.35. The van der Waals surface area contributed by atoms with Crippen molar-refractivity contribution < 1.29 is 12.8 Å². The molecule has 0 saturated carbocycles. The van der Waals surface area contributed by atoms with Crippen molar-refractivity contribution in [2.45, 2.75) is 17.9 Å². The molecule has 1 rings (SSSR count). The standard InChI is InChI=1S/C9H12FNO2S/c1-6(11)7-3-8(10)5-9(4-7)14(2,12)13/h3-6H,11H2,1-2H3. The smallest absolute Gasteiger partial charge is 0.175 e. The van der Waals surface area contributed by atoms with Crippen molar-refractivity contribution in [3.63, 3.8) is 0 Å². The van der Waals surface area contributed by atoms with Gasteiger partial charge >= 0.3 is 0 Å². The van der Waals surface area contributed by atoms with E-state index in [0.29, 0.717) is 5.56 Å². The van der Waals surface area contributed by atoms with E-state index in [1.165, 1.54) is 12.1 Å². The van der Waals surface area contributed by atoms with Crippen LogP contribution in [0.5, 0.6) is 0 Å². The third kappa shape index (κ3) is 2.52. The number of benzene rings is 1. The summed E-state index contributed by atoms with van der Waals surface area (Å²) in [6, 6.07) is 3.23. The molecule has 1 aromatic carbocycles. The first-order valence-corrected chi connectivity index (χ1v) is 5.96. The molecule has 5 heteroatoms. The number of sulfone groups is 1. The summed E-state index contributed by atoms with van der Waals surface area (Å²) in [6.07, 6.45) is 1.03. The monoisotopic (exact) mass is 217 g/mol. The first kappa shape index (κ1) is 11.1. The van der Waals surface area contributed by atoms with Crippen molar-refractivity contribution in [2.24, 2.45) is 5.73 Å². The average Bonchev–Trinajstić information content (AvgIpc) is 2.01. The summed E-state index contributed by atoms with van der Waals surface area (Å²) < 4.78 is 35.3. The van der Waals surface area contributed by atoms with E-state index in [1.807, 2.05) is 0 Å². The summed E-state index contributed by atoms with van der Waals surface area (Å²) in [5.41, 5.74) is 6.01. The van der Waals surface area contributed by atoms with E-state index in [4.69, 9.17) is 5.73 Å². The SMILES string of the molecule is CC(N)c1cc(F)cc(S(C)(=O)=O)c1. The highest BCUT2D eigenvalue weighted by Gasteiger charge is 2.11. The van der Waals surface area contributed by atoms with E-state index >= 15 is 0 Å². The molecule has 1 unspecified atom stereocenters. The van der Waals surface area contributed by atoms with Crippen LogP contribution >= 0.6 is 0 Å². The number of nitrogens with two attached hydrogens (primary N) is 1. The van der Waals surface area contributed by atoms with Gasteiger partial charge in [-0.05, 0) is 30.7 Å². The molecule has 1 aromatic rings. The summed E-state index contributed by atoms with van der Waals surface area (Å²) in [5.74, 6) is -0.583. The van der Waals surface area contributed by atoms with Crippen LogP contribution in [0.25, 0.3) is 0 Å². The highest BCUT2D eigenvalue weighted by atomic mass is 32.2. The van der Waals surface area contributed by atoms with Gasteiger partial charge in [-0.2, -0.15) is 0 Å². The zero-order valence-corrected chi connectivity index (χ0v) is 8.81. The summed E-state index contributed by atoms with van der Waals surface area (Å²) in [6.45, 7) is 1.67. The number of hydrogen-bond donors (Lipinski definition) is 1. The fourth-order valence-corrected chi connectivity index (χ4v) is 1.74. The van der Waals surface area contributed by atoms with Crippen LogP contribution in [0.4, 0.5) is 4.39 Å². The molecule has 0 amide bonds. The Kier molecular flexibility index (Phi) is 2.92. The fraction of sp³-hybridized carbons (Fsp3) is 0.333. The lowest BCUT2D eigenvalue weighted by Gasteiger charge is -2.07. The second-order valence-electron chi connectivity index (χ2n) is 3.28. The summed E-state index contributed by atoms with van der Waals surface area (Å²) in [7, 11) is -3.38. The van der Waals surface area contributed by atoms with Gasteiger partial charge in [0, 0.05) is 12.3 Å². The lowest BCUT2D eigenvalue weighted by atomic mass is 10.1. The largest absolute Gasteiger partial charge is 0.324 e. The predicted octanol–water partition coefficient (Wildman–Crippen LogP) is 1.25. The van der Waals surface area contributed by atoms with Crippen LogP contribution in [-0.4, -0.2) is 14.7 Å². The minimum atomic E-state index is -3.38. The molecule has 0 spiro atoms. The number of halogens is 1. The Morgan fingerprint density at radius 3 is 2.36 bits per heavy atom. The minimum Gasteiger partial charge on any atom is -0.324 e. The van der Waals surface area contributed by atoms with E-state index in [0.717, 1.165) is 12.3 Å². The van der Waals surface area contributed by atoms with Crippen molar-refractivity contribution >= 4 is 9.84 Å². The Morgan fingerprint density at radius 1 is 1.36 bits per heavy atom. The van der Waals surface area contributed by atoms with Gasteiger partial charge in [0.25, 0.3) is 0 Å². The third-order valence-corrected chi connectivity index (χ3v) is 2.94. The van der Waals surface area contributed by atoms with Crippen molar-refractivity contribution in [2.75, 3.05) is 6.26 Å². The summed E-state index contributed by atoms with van der Waals surface area (Å²) >= 11 is 0. The Morgan fingerprint density at radius 2 is 1.93 bits per heavy atom. The maximum Gasteiger partial charge on any atom is 0.175 e.